The minimum absolute atomic E-state index is 0.0704. The Morgan fingerprint density at radius 1 is 1.23 bits per heavy atom. The standard InChI is InChI=1S/C23H30N4O4/c1-14(2)21(24)23(31)27-12-18(29)10-20(27)22(30)26-19(13-28)16-7-5-15(6-8-16)17-4-3-9-25-11-17/h3-9,11,14,18-21,28-29H,10,12-13,24H2,1-2H3,(H,26,30)/t18-,19+,20+,21+/m1/s1. The number of amides is 2. The van der Waals surface area contributed by atoms with Crippen LogP contribution in [0.2, 0.25) is 0 Å². The maximum atomic E-state index is 13.0. The molecule has 1 aromatic carbocycles. The number of aromatic nitrogens is 1. The molecular weight excluding hydrogens is 396 g/mol. The van der Waals surface area contributed by atoms with Crippen molar-refractivity contribution in [1.29, 1.82) is 0 Å². The molecule has 1 aromatic heterocycles. The summed E-state index contributed by atoms with van der Waals surface area (Å²) in [5, 5.41) is 22.7. The Hall–Kier alpha value is -2.81. The third kappa shape index (κ3) is 5.28. The number of hydrogen-bond acceptors (Lipinski definition) is 6. The predicted molar refractivity (Wildman–Crippen MR) is 117 cm³/mol. The number of likely N-dealkylation sites (tertiary alicyclic amines) is 1. The molecule has 2 amide bonds. The topological polar surface area (TPSA) is 129 Å². The van der Waals surface area contributed by atoms with E-state index in [0.29, 0.717) is 0 Å². The average Bonchev–Trinajstić information content (AvgIpc) is 3.18. The highest BCUT2D eigenvalue weighted by atomic mass is 16.3. The zero-order valence-corrected chi connectivity index (χ0v) is 17.8. The highest BCUT2D eigenvalue weighted by Gasteiger charge is 2.41. The van der Waals surface area contributed by atoms with Crippen molar-refractivity contribution < 1.29 is 19.8 Å². The molecule has 0 radical (unpaired) electrons. The quantitative estimate of drug-likeness (QED) is 0.519. The van der Waals surface area contributed by atoms with Crippen LogP contribution in [-0.4, -0.2) is 63.3 Å². The largest absolute Gasteiger partial charge is 0.394 e. The van der Waals surface area contributed by atoms with E-state index >= 15 is 0 Å². The molecule has 2 heterocycles. The van der Waals surface area contributed by atoms with E-state index in [2.05, 4.69) is 10.3 Å². The average molecular weight is 427 g/mol. The van der Waals surface area contributed by atoms with Gasteiger partial charge in [-0.25, -0.2) is 0 Å². The SMILES string of the molecule is CC(C)[C@H](N)C(=O)N1C[C@H](O)C[C@H]1C(=O)N[C@@H](CO)c1ccc(-c2cccnc2)cc1. The number of nitrogens with one attached hydrogen (secondary N) is 1. The number of β-amino-alcohol motifs (C(OH)–C–C–N with tert-alkyl or cyclic N) is 1. The number of hydrogen-bond donors (Lipinski definition) is 4. The summed E-state index contributed by atoms with van der Waals surface area (Å²) in [6.45, 7) is 3.44. The monoisotopic (exact) mass is 426 g/mol. The number of aliphatic hydroxyl groups excluding tert-OH is 2. The van der Waals surface area contributed by atoms with Crippen LogP contribution in [0.3, 0.4) is 0 Å². The van der Waals surface area contributed by atoms with Gasteiger partial charge in [0, 0.05) is 25.4 Å². The summed E-state index contributed by atoms with van der Waals surface area (Å²) < 4.78 is 0. The van der Waals surface area contributed by atoms with E-state index in [0.717, 1.165) is 16.7 Å². The number of pyridine rings is 1. The van der Waals surface area contributed by atoms with Crippen molar-refractivity contribution in [1.82, 2.24) is 15.2 Å². The van der Waals surface area contributed by atoms with Crippen LogP contribution >= 0.6 is 0 Å². The smallest absolute Gasteiger partial charge is 0.243 e. The lowest BCUT2D eigenvalue weighted by Gasteiger charge is -2.29. The van der Waals surface area contributed by atoms with Crippen molar-refractivity contribution in [3.8, 4) is 11.1 Å². The van der Waals surface area contributed by atoms with Crippen LogP contribution in [0.1, 0.15) is 31.9 Å². The second-order valence-electron chi connectivity index (χ2n) is 8.27. The van der Waals surface area contributed by atoms with Crippen LogP contribution in [0.5, 0.6) is 0 Å². The van der Waals surface area contributed by atoms with Crippen LogP contribution < -0.4 is 11.1 Å². The highest BCUT2D eigenvalue weighted by molar-refractivity contribution is 5.90. The van der Waals surface area contributed by atoms with Gasteiger partial charge in [0.15, 0.2) is 0 Å². The Balaban J connectivity index is 1.72. The first-order chi connectivity index (χ1) is 14.8. The summed E-state index contributed by atoms with van der Waals surface area (Å²) in [5.74, 6) is -0.859. The fourth-order valence-electron chi connectivity index (χ4n) is 3.73. The zero-order valence-electron chi connectivity index (χ0n) is 17.8. The molecule has 0 saturated carbocycles. The molecule has 1 fully saturated rings. The number of rotatable bonds is 7. The first kappa shape index (κ1) is 22.9. The van der Waals surface area contributed by atoms with Crippen molar-refractivity contribution in [3.05, 3.63) is 54.4 Å². The number of benzene rings is 1. The van der Waals surface area contributed by atoms with Gasteiger partial charge in [-0.2, -0.15) is 0 Å². The van der Waals surface area contributed by atoms with E-state index in [9.17, 15) is 19.8 Å². The van der Waals surface area contributed by atoms with Crippen LogP contribution in [0, 0.1) is 5.92 Å². The van der Waals surface area contributed by atoms with Gasteiger partial charge in [0.1, 0.15) is 6.04 Å². The van der Waals surface area contributed by atoms with Gasteiger partial charge in [-0.15, -0.1) is 0 Å². The lowest BCUT2D eigenvalue weighted by molar-refractivity contribution is -0.140. The van der Waals surface area contributed by atoms with E-state index in [1.54, 1.807) is 12.4 Å². The molecule has 0 unspecified atom stereocenters. The second-order valence-corrected chi connectivity index (χ2v) is 8.27. The fourth-order valence-corrected chi connectivity index (χ4v) is 3.73. The Kier molecular flexibility index (Phi) is 7.37. The van der Waals surface area contributed by atoms with E-state index in [-0.39, 0.29) is 31.4 Å². The minimum Gasteiger partial charge on any atom is -0.394 e. The maximum Gasteiger partial charge on any atom is 0.243 e. The summed E-state index contributed by atoms with van der Waals surface area (Å²) in [5.41, 5.74) is 8.65. The van der Waals surface area contributed by atoms with E-state index < -0.39 is 30.1 Å². The van der Waals surface area contributed by atoms with Crippen molar-refractivity contribution in [3.63, 3.8) is 0 Å². The molecule has 2 aromatic rings. The minimum atomic E-state index is -0.823. The van der Waals surface area contributed by atoms with Crippen LogP contribution in [0.15, 0.2) is 48.8 Å². The van der Waals surface area contributed by atoms with Gasteiger partial charge in [0.2, 0.25) is 11.8 Å². The normalized spacial score (nSPS) is 20.5. The van der Waals surface area contributed by atoms with Gasteiger partial charge in [0.25, 0.3) is 0 Å². The van der Waals surface area contributed by atoms with Crippen LogP contribution in [-0.2, 0) is 9.59 Å². The first-order valence-corrected chi connectivity index (χ1v) is 10.5. The van der Waals surface area contributed by atoms with Crippen molar-refractivity contribution >= 4 is 11.8 Å². The Bertz CT molecular complexity index is 888. The number of nitrogens with two attached hydrogens (primary N) is 1. The molecule has 1 saturated heterocycles. The molecule has 1 aliphatic rings. The number of carbonyl (C=O) groups is 2. The van der Waals surface area contributed by atoms with Crippen molar-refractivity contribution in [2.75, 3.05) is 13.2 Å². The zero-order chi connectivity index (χ0) is 22.5. The van der Waals surface area contributed by atoms with Crippen molar-refractivity contribution in [2.45, 2.75) is 44.5 Å². The van der Waals surface area contributed by atoms with E-state index in [1.807, 2.05) is 50.2 Å². The summed E-state index contributed by atoms with van der Waals surface area (Å²) in [7, 11) is 0. The molecule has 8 heteroatoms. The molecule has 0 spiro atoms. The maximum absolute atomic E-state index is 13.0. The Morgan fingerprint density at radius 3 is 2.52 bits per heavy atom. The van der Waals surface area contributed by atoms with Gasteiger partial charge in [0.05, 0.1) is 24.8 Å². The summed E-state index contributed by atoms with van der Waals surface area (Å²) in [4.78, 5) is 31.1. The fraction of sp³-hybridized carbons (Fsp3) is 0.435. The number of aliphatic hydroxyl groups is 2. The third-order valence-corrected chi connectivity index (χ3v) is 5.68. The lowest BCUT2D eigenvalue weighted by atomic mass is 10.0. The lowest BCUT2D eigenvalue weighted by Crippen LogP contribution is -2.53. The Morgan fingerprint density at radius 2 is 1.94 bits per heavy atom. The third-order valence-electron chi connectivity index (χ3n) is 5.68. The van der Waals surface area contributed by atoms with E-state index in [4.69, 9.17) is 5.73 Å². The molecular formula is C23H30N4O4. The molecule has 3 rings (SSSR count). The molecule has 8 nitrogen and oxygen atoms in total. The van der Waals surface area contributed by atoms with Crippen LogP contribution in [0.25, 0.3) is 11.1 Å². The molecule has 0 aliphatic carbocycles. The molecule has 0 bridgehead atoms. The second kappa shape index (κ2) is 10.00. The van der Waals surface area contributed by atoms with Crippen molar-refractivity contribution in [2.24, 2.45) is 11.7 Å². The van der Waals surface area contributed by atoms with Gasteiger partial charge >= 0.3 is 0 Å². The molecule has 5 N–H and O–H groups in total. The summed E-state index contributed by atoms with van der Waals surface area (Å²) >= 11 is 0. The first-order valence-electron chi connectivity index (χ1n) is 10.5. The van der Waals surface area contributed by atoms with Gasteiger partial charge in [-0.05, 0) is 28.7 Å². The molecule has 166 valence electrons. The molecule has 1 aliphatic heterocycles. The molecule has 31 heavy (non-hydrogen) atoms. The summed E-state index contributed by atoms with van der Waals surface area (Å²) in [6, 6.07) is 9.08. The van der Waals surface area contributed by atoms with Gasteiger partial charge < -0.3 is 26.2 Å². The highest BCUT2D eigenvalue weighted by Crippen LogP contribution is 2.24. The van der Waals surface area contributed by atoms with Crippen LogP contribution in [0.4, 0.5) is 0 Å². The Labute approximate surface area is 182 Å². The van der Waals surface area contributed by atoms with Gasteiger partial charge in [-0.3, -0.25) is 14.6 Å². The number of carbonyl (C=O) groups excluding carboxylic acids is 2. The molecule has 4 atom stereocenters. The van der Waals surface area contributed by atoms with E-state index in [1.165, 1.54) is 4.90 Å². The summed E-state index contributed by atoms with van der Waals surface area (Å²) in [6.07, 6.45) is 2.82. The predicted octanol–water partition coefficient (Wildman–Crippen LogP) is 0.843. The number of nitrogens with zero attached hydrogens (tertiary/aromatic N) is 2. The van der Waals surface area contributed by atoms with Gasteiger partial charge in [-0.1, -0.05) is 44.2 Å².